The summed E-state index contributed by atoms with van der Waals surface area (Å²) in [4.78, 5) is 31.0. The molecule has 0 aliphatic rings. The Morgan fingerprint density at radius 1 is 0.484 bits per heavy atom. The fraction of sp³-hybridized carbons (Fsp3) is 0. The molecule has 0 unspecified atom stereocenters. The number of carbonyl (C=O) groups is 3. The van der Waals surface area contributed by atoms with Crippen molar-refractivity contribution < 1.29 is 67.9 Å². The SMILES string of the molecule is Nc1ccccc1C(=O)O.Nc1ccccc1C(=O)O.Nc1ccccc1C(=O)O.[Dy]. The summed E-state index contributed by atoms with van der Waals surface area (Å²) in [5.74, 6) is -2.96. The molecule has 3 rings (SSSR count). The van der Waals surface area contributed by atoms with E-state index in [1.807, 2.05) is 0 Å². The second-order valence-corrected chi connectivity index (χ2v) is 5.68. The Kier molecular flexibility index (Phi) is 12.4. The van der Waals surface area contributed by atoms with E-state index in [0.717, 1.165) is 0 Å². The summed E-state index contributed by atoms with van der Waals surface area (Å²) >= 11 is 0. The summed E-state index contributed by atoms with van der Waals surface area (Å²) in [6, 6.07) is 19.1. The van der Waals surface area contributed by atoms with Crippen LogP contribution in [-0.4, -0.2) is 33.2 Å². The molecule has 0 fully saturated rings. The average molecular weight is 574 g/mol. The minimum absolute atomic E-state index is 0. The number of carboxylic acids is 3. The van der Waals surface area contributed by atoms with Crippen molar-refractivity contribution in [2.24, 2.45) is 0 Å². The van der Waals surface area contributed by atoms with Gasteiger partial charge < -0.3 is 32.5 Å². The van der Waals surface area contributed by atoms with Crippen LogP contribution in [0.1, 0.15) is 31.1 Å². The Morgan fingerprint density at radius 3 is 0.806 bits per heavy atom. The van der Waals surface area contributed by atoms with E-state index in [-0.39, 0.29) is 54.9 Å². The molecule has 0 bridgehead atoms. The van der Waals surface area contributed by atoms with Crippen LogP contribution in [0.5, 0.6) is 0 Å². The third kappa shape index (κ3) is 9.40. The van der Waals surface area contributed by atoms with E-state index in [1.165, 1.54) is 18.2 Å². The standard InChI is InChI=1S/3C7H7NO2.Dy/c3*8-6-4-2-1-3-5(6)7(9)10;/h3*1-4H,8H2,(H,9,10);. The Morgan fingerprint density at radius 2 is 0.677 bits per heavy atom. The molecule has 0 saturated carbocycles. The van der Waals surface area contributed by atoms with Gasteiger partial charge in [-0.05, 0) is 36.4 Å². The minimum Gasteiger partial charge on any atom is -0.478 e. The van der Waals surface area contributed by atoms with Gasteiger partial charge in [-0.2, -0.15) is 0 Å². The summed E-state index contributed by atoms with van der Waals surface area (Å²) < 4.78 is 0. The van der Waals surface area contributed by atoms with Crippen molar-refractivity contribution in [2.75, 3.05) is 17.2 Å². The van der Waals surface area contributed by atoms with E-state index in [2.05, 4.69) is 0 Å². The number of hydrogen-bond donors (Lipinski definition) is 6. The number of rotatable bonds is 3. The fourth-order valence-corrected chi connectivity index (χ4v) is 2.08. The largest absolute Gasteiger partial charge is 0.478 e. The number of hydrogen-bond acceptors (Lipinski definition) is 6. The predicted molar refractivity (Wildman–Crippen MR) is 113 cm³/mol. The van der Waals surface area contributed by atoms with Crippen molar-refractivity contribution in [3.63, 3.8) is 0 Å². The molecule has 0 spiro atoms. The summed E-state index contributed by atoms with van der Waals surface area (Å²) in [6.45, 7) is 0. The smallest absolute Gasteiger partial charge is 0.337 e. The van der Waals surface area contributed by atoms with Crippen LogP contribution in [-0.2, 0) is 0 Å². The molecule has 3 aromatic rings. The molecule has 9 N–H and O–H groups in total. The van der Waals surface area contributed by atoms with Crippen molar-refractivity contribution in [1.82, 2.24) is 0 Å². The predicted octanol–water partition coefficient (Wildman–Crippen LogP) is 2.90. The van der Waals surface area contributed by atoms with E-state index in [9.17, 15) is 14.4 Å². The van der Waals surface area contributed by atoms with Gasteiger partial charge in [-0.15, -0.1) is 0 Å². The van der Waals surface area contributed by atoms with Crippen LogP contribution in [0.25, 0.3) is 0 Å². The maximum absolute atomic E-state index is 10.3. The Bertz CT molecular complexity index is 911. The van der Waals surface area contributed by atoms with Crippen molar-refractivity contribution in [2.45, 2.75) is 0 Å². The molecular weight excluding hydrogens is 553 g/mol. The second-order valence-electron chi connectivity index (χ2n) is 5.68. The Hall–Kier alpha value is -3.26. The molecule has 10 heteroatoms. The molecule has 0 aliphatic heterocycles. The van der Waals surface area contributed by atoms with Gasteiger partial charge in [0.1, 0.15) is 0 Å². The third-order valence-electron chi connectivity index (χ3n) is 3.57. The summed E-state index contributed by atoms with van der Waals surface area (Å²) in [5, 5.41) is 25.5. The van der Waals surface area contributed by atoms with Crippen LogP contribution in [0.4, 0.5) is 17.1 Å². The number of carboxylic acid groups (broad SMARTS) is 3. The van der Waals surface area contributed by atoms with Gasteiger partial charge in [0.25, 0.3) is 0 Å². The second kappa shape index (κ2) is 13.9. The van der Waals surface area contributed by atoms with E-state index in [1.54, 1.807) is 54.6 Å². The van der Waals surface area contributed by atoms with Gasteiger partial charge in [0.2, 0.25) is 0 Å². The van der Waals surface area contributed by atoms with Crippen molar-refractivity contribution in [3.8, 4) is 0 Å². The van der Waals surface area contributed by atoms with Gasteiger partial charge in [-0.25, -0.2) is 14.4 Å². The van der Waals surface area contributed by atoms with Crippen LogP contribution in [0.15, 0.2) is 72.8 Å². The normalized spacial score (nSPS) is 8.90. The summed E-state index contributed by atoms with van der Waals surface area (Å²) in [7, 11) is 0. The first-order valence-corrected chi connectivity index (χ1v) is 8.38. The van der Waals surface area contributed by atoms with Gasteiger partial charge in [0.05, 0.1) is 16.7 Å². The Labute approximate surface area is 208 Å². The zero-order valence-electron chi connectivity index (χ0n) is 16.0. The van der Waals surface area contributed by atoms with Crippen molar-refractivity contribution in [3.05, 3.63) is 89.5 Å². The van der Waals surface area contributed by atoms with Crippen LogP contribution >= 0.6 is 0 Å². The molecule has 0 atom stereocenters. The van der Waals surface area contributed by atoms with Gasteiger partial charge in [-0.1, -0.05) is 36.4 Å². The average Bonchev–Trinajstić information content (AvgIpc) is 2.69. The summed E-state index contributed by atoms with van der Waals surface area (Å²) in [6.07, 6.45) is 0. The van der Waals surface area contributed by atoms with Crippen LogP contribution in [0, 0.1) is 38.2 Å². The molecule has 3 aromatic carbocycles. The molecule has 0 radical (unpaired) electrons. The molecule has 0 aromatic heterocycles. The van der Waals surface area contributed by atoms with Crippen LogP contribution < -0.4 is 17.2 Å². The number of nitrogen functional groups attached to an aromatic ring is 3. The maximum atomic E-state index is 10.3. The molecule has 9 nitrogen and oxygen atoms in total. The van der Waals surface area contributed by atoms with Crippen LogP contribution in [0.3, 0.4) is 0 Å². The summed E-state index contributed by atoms with van der Waals surface area (Å²) in [5.41, 5.74) is 17.4. The molecule has 0 heterocycles. The molecule has 0 amide bonds. The van der Waals surface area contributed by atoms with Crippen LogP contribution in [0.2, 0.25) is 0 Å². The first kappa shape index (κ1) is 27.7. The number of nitrogens with two attached hydrogens (primary N) is 3. The van der Waals surface area contributed by atoms with Gasteiger partial charge in [0.15, 0.2) is 0 Å². The molecule has 0 aliphatic carbocycles. The number of anilines is 3. The monoisotopic (exact) mass is 575 g/mol. The molecule has 31 heavy (non-hydrogen) atoms. The first-order chi connectivity index (χ1) is 14.1. The zero-order valence-corrected chi connectivity index (χ0v) is 18.1. The number of aromatic carboxylic acids is 3. The quantitative estimate of drug-likeness (QED) is 0.256. The molecule has 166 valence electrons. The molecule has 0 saturated heterocycles. The maximum Gasteiger partial charge on any atom is 0.337 e. The third-order valence-corrected chi connectivity index (χ3v) is 3.57. The Balaban J connectivity index is 0.000000429. The van der Waals surface area contributed by atoms with Crippen molar-refractivity contribution in [1.29, 1.82) is 0 Å². The first-order valence-electron chi connectivity index (χ1n) is 8.38. The van der Waals surface area contributed by atoms with E-state index in [4.69, 9.17) is 32.5 Å². The van der Waals surface area contributed by atoms with Gasteiger partial charge in [0, 0.05) is 55.2 Å². The van der Waals surface area contributed by atoms with Gasteiger partial charge in [-0.3, -0.25) is 0 Å². The topological polar surface area (TPSA) is 190 Å². The zero-order chi connectivity index (χ0) is 22.7. The number of para-hydroxylation sites is 3. The number of benzene rings is 3. The van der Waals surface area contributed by atoms with Gasteiger partial charge >= 0.3 is 17.9 Å². The van der Waals surface area contributed by atoms with E-state index < -0.39 is 17.9 Å². The van der Waals surface area contributed by atoms with E-state index >= 15 is 0 Å². The van der Waals surface area contributed by atoms with Crippen molar-refractivity contribution >= 4 is 35.0 Å². The molecular formula is C21H21DyN3O6. The minimum atomic E-state index is -0.988. The van der Waals surface area contributed by atoms with E-state index in [0.29, 0.717) is 17.1 Å². The fourth-order valence-electron chi connectivity index (χ4n) is 2.08.